The molecular weight excluding hydrogens is 278 g/mol. The van der Waals surface area contributed by atoms with Gasteiger partial charge in [-0.25, -0.2) is 0 Å². The SMILES string of the molecule is CCCNC1CCC(C)CC1S(=O)Cc1cccc(C)c1. The normalized spacial score (nSPS) is 27.5. The molecule has 0 aromatic heterocycles. The fourth-order valence-corrected chi connectivity index (χ4v) is 5.12. The Hall–Kier alpha value is -0.670. The maximum Gasteiger partial charge on any atom is 0.0507 e. The van der Waals surface area contributed by atoms with E-state index in [-0.39, 0.29) is 0 Å². The summed E-state index contributed by atoms with van der Waals surface area (Å²) in [5, 5.41) is 3.93. The largest absolute Gasteiger partial charge is 0.313 e. The predicted octanol–water partition coefficient (Wildman–Crippen LogP) is 3.80. The highest BCUT2D eigenvalue weighted by Gasteiger charge is 2.32. The molecule has 1 aromatic rings. The second kappa shape index (κ2) is 8.09. The van der Waals surface area contributed by atoms with E-state index < -0.39 is 10.8 Å². The van der Waals surface area contributed by atoms with Gasteiger partial charge >= 0.3 is 0 Å². The Balaban J connectivity index is 2.02. The molecule has 1 saturated carbocycles. The fraction of sp³-hybridized carbons (Fsp3) is 0.667. The number of benzene rings is 1. The van der Waals surface area contributed by atoms with Crippen LogP contribution in [0.5, 0.6) is 0 Å². The van der Waals surface area contributed by atoms with Gasteiger partial charge in [0.25, 0.3) is 0 Å². The minimum absolute atomic E-state index is 0.306. The maximum atomic E-state index is 12.9. The smallest absolute Gasteiger partial charge is 0.0507 e. The lowest BCUT2D eigenvalue weighted by Gasteiger charge is -2.35. The Kier molecular flexibility index (Phi) is 6.43. The molecule has 0 bridgehead atoms. The molecule has 0 radical (unpaired) electrons. The molecule has 4 unspecified atom stereocenters. The van der Waals surface area contributed by atoms with Gasteiger partial charge < -0.3 is 5.32 Å². The zero-order valence-electron chi connectivity index (χ0n) is 13.6. The molecule has 118 valence electrons. The standard InChI is InChI=1S/C18H29NOS/c1-4-10-19-17-9-8-15(3)12-18(17)21(20)13-16-7-5-6-14(2)11-16/h5-7,11,15,17-19H,4,8-10,12-13H2,1-3H3. The summed E-state index contributed by atoms with van der Waals surface area (Å²) in [5.74, 6) is 1.40. The van der Waals surface area contributed by atoms with E-state index in [1.165, 1.54) is 24.0 Å². The second-order valence-corrected chi connectivity index (χ2v) is 8.19. The first-order valence-electron chi connectivity index (χ1n) is 8.26. The molecule has 2 rings (SSSR count). The summed E-state index contributed by atoms with van der Waals surface area (Å²) in [7, 11) is -0.782. The average molecular weight is 308 g/mol. The van der Waals surface area contributed by atoms with Crippen molar-refractivity contribution in [1.82, 2.24) is 5.32 Å². The van der Waals surface area contributed by atoms with Crippen LogP contribution in [-0.4, -0.2) is 22.0 Å². The first-order valence-corrected chi connectivity index (χ1v) is 9.64. The third-order valence-corrected chi connectivity index (χ3v) is 6.25. The topological polar surface area (TPSA) is 29.1 Å². The first-order chi connectivity index (χ1) is 10.1. The molecule has 1 aliphatic rings. The molecule has 0 heterocycles. The van der Waals surface area contributed by atoms with Crippen LogP contribution in [0.25, 0.3) is 0 Å². The summed E-state index contributed by atoms with van der Waals surface area (Å²) in [6.45, 7) is 7.63. The summed E-state index contributed by atoms with van der Waals surface area (Å²) in [4.78, 5) is 0. The van der Waals surface area contributed by atoms with Gasteiger partial charge in [-0.05, 0) is 50.6 Å². The summed E-state index contributed by atoms with van der Waals surface area (Å²) in [5.41, 5.74) is 2.46. The van der Waals surface area contributed by atoms with E-state index in [1.54, 1.807) is 0 Å². The van der Waals surface area contributed by atoms with Crippen molar-refractivity contribution in [1.29, 1.82) is 0 Å². The van der Waals surface area contributed by atoms with E-state index in [9.17, 15) is 4.21 Å². The summed E-state index contributed by atoms with van der Waals surface area (Å²) in [6.07, 6.45) is 4.67. The Morgan fingerprint density at radius 2 is 2.14 bits per heavy atom. The van der Waals surface area contributed by atoms with Gasteiger partial charge in [-0.1, -0.05) is 43.7 Å². The van der Waals surface area contributed by atoms with Crippen molar-refractivity contribution >= 4 is 10.8 Å². The van der Waals surface area contributed by atoms with Gasteiger partial charge in [0, 0.05) is 22.6 Å². The quantitative estimate of drug-likeness (QED) is 0.866. The molecular formula is C18H29NOS. The number of rotatable bonds is 6. The molecule has 21 heavy (non-hydrogen) atoms. The predicted molar refractivity (Wildman–Crippen MR) is 91.9 cm³/mol. The molecule has 0 amide bonds. The van der Waals surface area contributed by atoms with Crippen LogP contribution in [-0.2, 0) is 16.6 Å². The molecule has 4 atom stereocenters. The summed E-state index contributed by atoms with van der Waals surface area (Å²) in [6, 6.07) is 8.87. The lowest BCUT2D eigenvalue weighted by molar-refractivity contribution is 0.313. The minimum Gasteiger partial charge on any atom is -0.313 e. The summed E-state index contributed by atoms with van der Waals surface area (Å²) >= 11 is 0. The third-order valence-electron chi connectivity index (χ3n) is 4.44. The fourth-order valence-electron chi connectivity index (χ4n) is 3.26. The van der Waals surface area contributed by atoms with E-state index in [0.29, 0.717) is 23.0 Å². The van der Waals surface area contributed by atoms with Gasteiger partial charge in [0.1, 0.15) is 0 Å². The van der Waals surface area contributed by atoms with Crippen molar-refractivity contribution in [2.45, 2.75) is 63.5 Å². The molecule has 0 spiro atoms. The van der Waals surface area contributed by atoms with Gasteiger partial charge in [-0.2, -0.15) is 0 Å². The van der Waals surface area contributed by atoms with Crippen molar-refractivity contribution in [3.05, 3.63) is 35.4 Å². The number of nitrogens with one attached hydrogen (secondary N) is 1. The Morgan fingerprint density at radius 3 is 2.86 bits per heavy atom. The molecule has 1 aromatic carbocycles. The molecule has 1 N–H and O–H groups in total. The maximum absolute atomic E-state index is 12.9. The van der Waals surface area contributed by atoms with Crippen LogP contribution < -0.4 is 5.32 Å². The lowest BCUT2D eigenvalue weighted by atomic mass is 9.87. The number of aryl methyl sites for hydroxylation is 1. The zero-order chi connectivity index (χ0) is 15.2. The first kappa shape index (κ1) is 16.7. The molecule has 3 heteroatoms. The highest BCUT2D eigenvalue weighted by atomic mass is 32.2. The Bertz CT molecular complexity index is 472. The van der Waals surface area contributed by atoms with Crippen molar-refractivity contribution in [3.8, 4) is 0 Å². The highest BCUT2D eigenvalue weighted by Crippen LogP contribution is 2.29. The molecule has 0 saturated heterocycles. The van der Waals surface area contributed by atoms with Crippen LogP contribution in [0.1, 0.15) is 50.7 Å². The summed E-state index contributed by atoms with van der Waals surface area (Å²) < 4.78 is 12.9. The Labute approximate surface area is 132 Å². The molecule has 2 nitrogen and oxygen atoms in total. The van der Waals surface area contributed by atoms with Gasteiger partial charge in [0.2, 0.25) is 0 Å². The van der Waals surface area contributed by atoms with Gasteiger partial charge in [-0.3, -0.25) is 4.21 Å². The van der Waals surface area contributed by atoms with Crippen LogP contribution in [0.2, 0.25) is 0 Å². The van der Waals surface area contributed by atoms with Gasteiger partial charge in [0.15, 0.2) is 0 Å². The van der Waals surface area contributed by atoms with E-state index >= 15 is 0 Å². The average Bonchev–Trinajstić information content (AvgIpc) is 2.46. The zero-order valence-corrected chi connectivity index (χ0v) is 14.4. The van der Waals surface area contributed by atoms with Crippen LogP contribution in [0.3, 0.4) is 0 Å². The number of hydrogen-bond acceptors (Lipinski definition) is 2. The molecule has 1 fully saturated rings. The van der Waals surface area contributed by atoms with Crippen molar-refractivity contribution in [2.24, 2.45) is 5.92 Å². The minimum atomic E-state index is -0.782. The van der Waals surface area contributed by atoms with Gasteiger partial charge in [0.05, 0.1) is 5.25 Å². The van der Waals surface area contributed by atoms with Crippen LogP contribution in [0.4, 0.5) is 0 Å². The second-order valence-electron chi connectivity index (χ2n) is 6.53. The van der Waals surface area contributed by atoms with Crippen LogP contribution in [0.15, 0.2) is 24.3 Å². The van der Waals surface area contributed by atoms with E-state index in [2.05, 4.69) is 50.4 Å². The highest BCUT2D eigenvalue weighted by molar-refractivity contribution is 7.84. The van der Waals surface area contributed by atoms with E-state index in [4.69, 9.17) is 0 Å². The third kappa shape index (κ3) is 4.93. The van der Waals surface area contributed by atoms with Crippen molar-refractivity contribution < 1.29 is 4.21 Å². The van der Waals surface area contributed by atoms with E-state index in [0.717, 1.165) is 19.4 Å². The van der Waals surface area contributed by atoms with Crippen LogP contribution in [0, 0.1) is 12.8 Å². The monoisotopic (exact) mass is 307 g/mol. The van der Waals surface area contributed by atoms with Crippen molar-refractivity contribution in [2.75, 3.05) is 6.54 Å². The van der Waals surface area contributed by atoms with Crippen molar-refractivity contribution in [3.63, 3.8) is 0 Å². The van der Waals surface area contributed by atoms with Crippen LogP contribution >= 0.6 is 0 Å². The van der Waals surface area contributed by atoms with Gasteiger partial charge in [-0.15, -0.1) is 0 Å². The van der Waals surface area contributed by atoms with E-state index in [1.807, 2.05) is 0 Å². The Morgan fingerprint density at radius 1 is 1.33 bits per heavy atom. The lowest BCUT2D eigenvalue weighted by Crippen LogP contribution is -2.46. The number of hydrogen-bond donors (Lipinski definition) is 1. The molecule has 1 aliphatic carbocycles. The molecule has 0 aliphatic heterocycles.